The van der Waals surface area contributed by atoms with Crippen molar-refractivity contribution in [2.45, 2.75) is 20.0 Å². The maximum absolute atomic E-state index is 13.0. The van der Waals surface area contributed by atoms with E-state index < -0.39 is 18.4 Å². The van der Waals surface area contributed by atoms with Gasteiger partial charge in [0.2, 0.25) is 5.78 Å². The van der Waals surface area contributed by atoms with Gasteiger partial charge in [-0.3, -0.25) is 9.59 Å². The van der Waals surface area contributed by atoms with E-state index >= 15 is 0 Å². The fourth-order valence-corrected chi connectivity index (χ4v) is 3.01. The second kappa shape index (κ2) is 6.43. The van der Waals surface area contributed by atoms with Crippen LogP contribution in [0.25, 0.3) is 0 Å². The van der Waals surface area contributed by atoms with Gasteiger partial charge in [-0.15, -0.1) is 0 Å². The molecule has 0 saturated heterocycles. The maximum atomic E-state index is 13.0. The molecule has 3 rings (SSSR count). The number of carboxylic acids is 1. The molecule has 2 heterocycles. The molecule has 2 aromatic rings. The van der Waals surface area contributed by atoms with E-state index in [1.54, 1.807) is 38.2 Å². The number of aliphatic carboxylic acids is 1. The lowest BCUT2D eigenvalue weighted by atomic mass is 10.0. The Morgan fingerprint density at radius 3 is 2.72 bits per heavy atom. The highest BCUT2D eigenvalue weighted by Gasteiger charge is 2.35. The topological polar surface area (TPSA) is 94.8 Å². The Labute approximate surface area is 143 Å². The van der Waals surface area contributed by atoms with Crippen LogP contribution in [0.1, 0.15) is 44.6 Å². The summed E-state index contributed by atoms with van der Waals surface area (Å²) in [6, 6.07) is 7.01. The summed E-state index contributed by atoms with van der Waals surface area (Å²) in [5, 5.41) is 9.18. The molecule has 1 aliphatic heterocycles. The largest absolute Gasteiger partial charge is 0.486 e. The molecular formula is C18H17NO6. The number of hydrogen-bond donors (Lipinski definition) is 1. The van der Waals surface area contributed by atoms with Crippen LogP contribution in [-0.2, 0) is 29.6 Å². The van der Waals surface area contributed by atoms with E-state index in [9.17, 15) is 19.5 Å². The highest BCUT2D eigenvalue weighted by molar-refractivity contribution is 6.13. The number of esters is 1. The van der Waals surface area contributed by atoms with E-state index in [0.717, 1.165) is 0 Å². The van der Waals surface area contributed by atoms with Gasteiger partial charge < -0.3 is 19.1 Å². The van der Waals surface area contributed by atoms with Crippen LogP contribution in [0.5, 0.6) is 5.75 Å². The summed E-state index contributed by atoms with van der Waals surface area (Å²) in [6.07, 6.45) is -0.421. The van der Waals surface area contributed by atoms with Crippen molar-refractivity contribution in [3.63, 3.8) is 0 Å². The third-order valence-electron chi connectivity index (χ3n) is 4.12. The number of carbonyl (C=O) groups excluding carboxylic acids is 2. The summed E-state index contributed by atoms with van der Waals surface area (Å²) in [6.45, 7) is 1.89. The first-order valence-electron chi connectivity index (χ1n) is 7.81. The molecule has 1 aliphatic rings. The Kier molecular flexibility index (Phi) is 4.31. The van der Waals surface area contributed by atoms with Gasteiger partial charge in [0.05, 0.1) is 13.0 Å². The van der Waals surface area contributed by atoms with E-state index in [4.69, 9.17) is 9.47 Å². The molecule has 0 aliphatic carbocycles. The molecule has 0 fully saturated rings. The van der Waals surface area contributed by atoms with Crippen LogP contribution < -0.4 is 4.74 Å². The number of aromatic nitrogens is 1. The molecule has 7 heteroatoms. The summed E-state index contributed by atoms with van der Waals surface area (Å²) < 4.78 is 12.2. The first-order chi connectivity index (χ1) is 12.0. The van der Waals surface area contributed by atoms with Crippen LogP contribution in [0.3, 0.4) is 0 Å². The molecule has 0 amide bonds. The number of rotatable bonds is 4. The normalized spacial score (nSPS) is 12.6. The minimum Gasteiger partial charge on any atom is -0.486 e. The van der Waals surface area contributed by atoms with Crippen LogP contribution in [-0.4, -0.2) is 34.0 Å². The van der Waals surface area contributed by atoms with Gasteiger partial charge in [0.25, 0.3) is 0 Å². The lowest BCUT2D eigenvalue weighted by Gasteiger charge is -2.09. The molecule has 1 N–H and O–H groups in total. The second-order valence-electron chi connectivity index (χ2n) is 5.62. The zero-order valence-corrected chi connectivity index (χ0v) is 13.9. The SMILES string of the molecule is CCOC(=O)c1c2c(n(C)c1CC(=O)O)C(=O)c1ccccc1CO2. The molecule has 0 saturated carbocycles. The lowest BCUT2D eigenvalue weighted by molar-refractivity contribution is -0.136. The highest BCUT2D eigenvalue weighted by Crippen LogP contribution is 2.36. The van der Waals surface area contributed by atoms with Crippen LogP contribution in [0.4, 0.5) is 0 Å². The van der Waals surface area contributed by atoms with Crippen molar-refractivity contribution < 1.29 is 29.0 Å². The van der Waals surface area contributed by atoms with Crippen molar-refractivity contribution in [3.05, 3.63) is 52.3 Å². The Morgan fingerprint density at radius 2 is 2.04 bits per heavy atom. The van der Waals surface area contributed by atoms with Gasteiger partial charge in [0, 0.05) is 23.9 Å². The number of nitrogens with zero attached hydrogens (tertiary/aromatic N) is 1. The van der Waals surface area contributed by atoms with Gasteiger partial charge in [-0.1, -0.05) is 24.3 Å². The molecule has 7 nitrogen and oxygen atoms in total. The molecular weight excluding hydrogens is 326 g/mol. The monoisotopic (exact) mass is 343 g/mol. The zero-order valence-electron chi connectivity index (χ0n) is 13.9. The minimum atomic E-state index is -1.12. The Morgan fingerprint density at radius 1 is 1.32 bits per heavy atom. The van der Waals surface area contributed by atoms with Crippen LogP contribution in [0, 0.1) is 0 Å². The standard InChI is InChI=1S/C18H17NO6/c1-3-24-18(23)14-12(8-13(20)21)19(2)15-16(22)11-7-5-4-6-10(11)9-25-17(14)15/h4-7H,3,8-9H2,1-2H3,(H,20,21). The van der Waals surface area contributed by atoms with Crippen molar-refractivity contribution in [2.24, 2.45) is 7.05 Å². The van der Waals surface area contributed by atoms with Gasteiger partial charge >= 0.3 is 11.9 Å². The molecule has 1 aromatic heterocycles. The fraction of sp³-hybridized carbons (Fsp3) is 0.278. The maximum Gasteiger partial charge on any atom is 0.343 e. The second-order valence-corrected chi connectivity index (χ2v) is 5.62. The third-order valence-corrected chi connectivity index (χ3v) is 4.12. The predicted molar refractivity (Wildman–Crippen MR) is 86.9 cm³/mol. The summed E-state index contributed by atoms with van der Waals surface area (Å²) in [5.74, 6) is -2.05. The minimum absolute atomic E-state index is 0.00269. The summed E-state index contributed by atoms with van der Waals surface area (Å²) in [5.41, 5.74) is 1.52. The number of hydrogen-bond acceptors (Lipinski definition) is 5. The summed E-state index contributed by atoms with van der Waals surface area (Å²) in [7, 11) is 1.55. The number of benzene rings is 1. The van der Waals surface area contributed by atoms with E-state index in [1.165, 1.54) is 4.57 Å². The summed E-state index contributed by atoms with van der Waals surface area (Å²) in [4.78, 5) is 36.6. The molecule has 25 heavy (non-hydrogen) atoms. The number of carbonyl (C=O) groups is 3. The summed E-state index contributed by atoms with van der Waals surface area (Å²) >= 11 is 0. The van der Waals surface area contributed by atoms with E-state index in [0.29, 0.717) is 11.1 Å². The van der Waals surface area contributed by atoms with Crippen molar-refractivity contribution in [3.8, 4) is 5.75 Å². The predicted octanol–water partition coefficient (Wildman–Crippen LogP) is 1.95. The molecule has 1 aromatic carbocycles. The number of ether oxygens (including phenoxy) is 2. The van der Waals surface area contributed by atoms with E-state index in [-0.39, 0.29) is 41.7 Å². The number of carboxylic acid groups (broad SMARTS) is 1. The third kappa shape index (κ3) is 2.77. The van der Waals surface area contributed by atoms with Gasteiger partial charge in [-0.25, -0.2) is 4.79 Å². The van der Waals surface area contributed by atoms with Crippen molar-refractivity contribution in [1.82, 2.24) is 4.57 Å². The molecule has 0 spiro atoms. The molecule has 0 unspecified atom stereocenters. The first kappa shape index (κ1) is 16.8. The van der Waals surface area contributed by atoms with Gasteiger partial charge in [-0.05, 0) is 6.92 Å². The average Bonchev–Trinajstić information content (AvgIpc) is 2.75. The molecule has 130 valence electrons. The Hall–Kier alpha value is -3.09. The van der Waals surface area contributed by atoms with Crippen LogP contribution in [0.2, 0.25) is 0 Å². The average molecular weight is 343 g/mol. The van der Waals surface area contributed by atoms with Crippen molar-refractivity contribution >= 4 is 17.7 Å². The van der Waals surface area contributed by atoms with Crippen molar-refractivity contribution in [1.29, 1.82) is 0 Å². The van der Waals surface area contributed by atoms with Gasteiger partial charge in [-0.2, -0.15) is 0 Å². The molecule has 0 bridgehead atoms. The zero-order chi connectivity index (χ0) is 18.1. The van der Waals surface area contributed by atoms with Gasteiger partial charge in [0.15, 0.2) is 5.75 Å². The quantitative estimate of drug-likeness (QED) is 0.853. The van der Waals surface area contributed by atoms with Crippen LogP contribution >= 0.6 is 0 Å². The van der Waals surface area contributed by atoms with Crippen LogP contribution in [0.15, 0.2) is 24.3 Å². The number of ketones is 1. The van der Waals surface area contributed by atoms with Gasteiger partial charge in [0.1, 0.15) is 17.9 Å². The lowest BCUT2D eigenvalue weighted by Crippen LogP contribution is -2.15. The molecule has 0 radical (unpaired) electrons. The van der Waals surface area contributed by atoms with Crippen molar-refractivity contribution in [2.75, 3.05) is 6.61 Å². The fourth-order valence-electron chi connectivity index (χ4n) is 3.01. The smallest absolute Gasteiger partial charge is 0.343 e. The number of fused-ring (bicyclic) bond motifs is 2. The first-order valence-corrected chi connectivity index (χ1v) is 7.81. The molecule has 0 atom stereocenters. The van der Waals surface area contributed by atoms with E-state index in [1.807, 2.05) is 0 Å². The highest BCUT2D eigenvalue weighted by atomic mass is 16.5. The Balaban J connectivity index is 2.24. The van der Waals surface area contributed by atoms with E-state index in [2.05, 4.69) is 0 Å². The Bertz CT molecular complexity index is 880.